The number of carbonyl (C=O) groups is 1. The van der Waals surface area contributed by atoms with Crippen LogP contribution in [0.15, 0.2) is 60.7 Å². The number of nitrogens with zero attached hydrogens (tertiary/aromatic N) is 3. The van der Waals surface area contributed by atoms with Gasteiger partial charge in [0, 0.05) is 17.9 Å². The first-order chi connectivity index (χ1) is 13.1. The van der Waals surface area contributed by atoms with Crippen molar-refractivity contribution in [2.75, 3.05) is 11.4 Å². The molecule has 1 atom stereocenters. The van der Waals surface area contributed by atoms with Gasteiger partial charge in [0.25, 0.3) is 5.91 Å². The molecule has 3 aromatic rings. The van der Waals surface area contributed by atoms with E-state index in [4.69, 9.17) is 0 Å². The van der Waals surface area contributed by atoms with Crippen molar-refractivity contribution in [3.63, 3.8) is 0 Å². The van der Waals surface area contributed by atoms with E-state index in [-0.39, 0.29) is 11.9 Å². The molecule has 27 heavy (non-hydrogen) atoms. The normalized spacial score (nSPS) is 13.9. The monoisotopic (exact) mass is 358 g/mol. The molecule has 2 aromatic carbocycles. The van der Waals surface area contributed by atoms with E-state index in [0.717, 1.165) is 29.9 Å². The molecule has 0 saturated carbocycles. The highest BCUT2D eigenvalue weighted by Crippen LogP contribution is 2.32. The number of fused-ring (bicyclic) bond motifs is 1. The van der Waals surface area contributed by atoms with E-state index >= 15 is 0 Å². The van der Waals surface area contributed by atoms with Gasteiger partial charge in [-0.1, -0.05) is 48.5 Å². The molecule has 1 aliphatic heterocycles. The first-order valence-corrected chi connectivity index (χ1v) is 9.19. The Kier molecular flexibility index (Phi) is 4.59. The van der Waals surface area contributed by atoms with Crippen molar-refractivity contribution in [2.45, 2.75) is 26.3 Å². The molecule has 1 unspecified atom stereocenters. The van der Waals surface area contributed by atoms with Gasteiger partial charge in [-0.05, 0) is 43.5 Å². The number of hydrogen-bond donors (Lipinski definition) is 1. The van der Waals surface area contributed by atoms with Gasteiger partial charge in [-0.15, -0.1) is 0 Å². The average molecular weight is 358 g/mol. The zero-order valence-corrected chi connectivity index (χ0v) is 15.5. The number of aryl methyl sites for hydroxylation is 1. The third-order valence-electron chi connectivity index (χ3n) is 4.85. The number of nitrogens with one attached hydrogen (secondary N) is 1. The lowest BCUT2D eigenvalue weighted by molar-refractivity contribution is 0.0934. The Morgan fingerprint density at radius 3 is 2.63 bits per heavy atom. The molecule has 0 bridgehead atoms. The summed E-state index contributed by atoms with van der Waals surface area (Å²) in [5.41, 5.74) is 4.63. The molecule has 5 nitrogen and oxygen atoms in total. The molecule has 1 aromatic heterocycles. The smallest absolute Gasteiger partial charge is 0.270 e. The zero-order chi connectivity index (χ0) is 18.8. The lowest BCUT2D eigenvalue weighted by Gasteiger charge is -2.19. The summed E-state index contributed by atoms with van der Waals surface area (Å²) in [7, 11) is 0. The molecule has 0 saturated heterocycles. The van der Waals surface area contributed by atoms with Crippen molar-refractivity contribution in [3.05, 3.63) is 83.2 Å². The van der Waals surface area contributed by atoms with Crippen molar-refractivity contribution in [1.82, 2.24) is 15.3 Å². The third kappa shape index (κ3) is 3.53. The van der Waals surface area contributed by atoms with Crippen LogP contribution >= 0.6 is 0 Å². The topological polar surface area (TPSA) is 58.1 Å². The number of carbonyl (C=O) groups excluding carboxylic acids is 1. The minimum atomic E-state index is -0.189. The first kappa shape index (κ1) is 17.2. The van der Waals surface area contributed by atoms with Crippen LogP contribution in [0.4, 0.5) is 11.6 Å². The standard InChI is InChI=1S/C22H22N4O/c1-15-14-19(21(27)24-16(2)17-8-4-3-5-9-17)25-22(23-15)26-13-12-18-10-6-7-11-20(18)26/h3-11,14,16H,12-13H2,1-2H3,(H,24,27). The zero-order valence-electron chi connectivity index (χ0n) is 15.5. The Bertz CT molecular complexity index is 971. The van der Waals surface area contributed by atoms with Crippen LogP contribution in [0.1, 0.15) is 40.3 Å². The molecule has 1 amide bonds. The van der Waals surface area contributed by atoms with E-state index in [2.05, 4.69) is 32.3 Å². The second kappa shape index (κ2) is 7.19. The van der Waals surface area contributed by atoms with E-state index in [1.54, 1.807) is 6.07 Å². The van der Waals surface area contributed by atoms with Gasteiger partial charge in [0.1, 0.15) is 5.69 Å². The molecule has 4 rings (SSSR count). The van der Waals surface area contributed by atoms with Gasteiger partial charge >= 0.3 is 0 Å². The Labute approximate surface area is 159 Å². The van der Waals surface area contributed by atoms with E-state index < -0.39 is 0 Å². The lowest BCUT2D eigenvalue weighted by Crippen LogP contribution is -2.28. The minimum Gasteiger partial charge on any atom is -0.344 e. The van der Waals surface area contributed by atoms with Crippen molar-refractivity contribution >= 4 is 17.5 Å². The number of amides is 1. The van der Waals surface area contributed by atoms with Gasteiger partial charge in [0.2, 0.25) is 5.95 Å². The largest absolute Gasteiger partial charge is 0.344 e. The minimum absolute atomic E-state index is 0.0927. The fourth-order valence-electron chi connectivity index (χ4n) is 3.43. The van der Waals surface area contributed by atoms with E-state index in [1.165, 1.54) is 5.56 Å². The highest BCUT2D eigenvalue weighted by molar-refractivity contribution is 5.93. The molecular weight excluding hydrogens is 336 g/mol. The van der Waals surface area contributed by atoms with Crippen LogP contribution in [-0.2, 0) is 6.42 Å². The highest BCUT2D eigenvalue weighted by Gasteiger charge is 2.23. The van der Waals surface area contributed by atoms with Crippen LogP contribution in [0.2, 0.25) is 0 Å². The maximum atomic E-state index is 12.8. The molecule has 0 aliphatic carbocycles. The van der Waals surface area contributed by atoms with Crippen LogP contribution in [0.5, 0.6) is 0 Å². The second-order valence-electron chi connectivity index (χ2n) is 6.83. The fourth-order valence-corrected chi connectivity index (χ4v) is 3.43. The number of para-hydroxylation sites is 1. The summed E-state index contributed by atoms with van der Waals surface area (Å²) in [6.07, 6.45) is 0.958. The highest BCUT2D eigenvalue weighted by atomic mass is 16.1. The number of aromatic nitrogens is 2. The molecule has 2 heterocycles. The fraction of sp³-hybridized carbons (Fsp3) is 0.227. The number of rotatable bonds is 4. The SMILES string of the molecule is Cc1cc(C(=O)NC(C)c2ccccc2)nc(N2CCc3ccccc32)n1. The molecule has 0 spiro atoms. The Hall–Kier alpha value is -3.21. The van der Waals surface area contributed by atoms with Crippen LogP contribution in [-0.4, -0.2) is 22.4 Å². The van der Waals surface area contributed by atoms with Crippen molar-refractivity contribution in [2.24, 2.45) is 0 Å². The summed E-state index contributed by atoms with van der Waals surface area (Å²) in [5.74, 6) is 0.392. The quantitative estimate of drug-likeness (QED) is 0.767. The molecule has 0 fully saturated rings. The number of hydrogen-bond acceptors (Lipinski definition) is 4. The summed E-state index contributed by atoms with van der Waals surface area (Å²) in [5, 5.41) is 3.03. The molecule has 1 N–H and O–H groups in total. The summed E-state index contributed by atoms with van der Waals surface area (Å²) >= 11 is 0. The Balaban J connectivity index is 1.59. The maximum absolute atomic E-state index is 12.8. The van der Waals surface area contributed by atoms with Crippen LogP contribution in [0, 0.1) is 6.92 Å². The summed E-state index contributed by atoms with van der Waals surface area (Å²) in [6.45, 7) is 4.69. The van der Waals surface area contributed by atoms with Gasteiger partial charge in [-0.25, -0.2) is 9.97 Å². The number of anilines is 2. The second-order valence-corrected chi connectivity index (χ2v) is 6.83. The molecular formula is C22H22N4O. The summed E-state index contributed by atoms with van der Waals surface area (Å²) in [6, 6.07) is 19.8. The van der Waals surface area contributed by atoms with Crippen molar-refractivity contribution in [1.29, 1.82) is 0 Å². The van der Waals surface area contributed by atoms with E-state index in [1.807, 2.05) is 56.3 Å². The predicted octanol–water partition coefficient (Wildman–Crippen LogP) is 3.97. The van der Waals surface area contributed by atoms with Crippen LogP contribution in [0.25, 0.3) is 0 Å². The average Bonchev–Trinajstić information content (AvgIpc) is 3.12. The van der Waals surface area contributed by atoms with Gasteiger partial charge in [-0.2, -0.15) is 0 Å². The van der Waals surface area contributed by atoms with Gasteiger partial charge in [0.05, 0.1) is 6.04 Å². The third-order valence-corrected chi connectivity index (χ3v) is 4.85. The molecule has 5 heteroatoms. The maximum Gasteiger partial charge on any atom is 0.270 e. The van der Waals surface area contributed by atoms with Gasteiger partial charge in [-0.3, -0.25) is 4.79 Å². The Morgan fingerprint density at radius 1 is 1.07 bits per heavy atom. The van der Waals surface area contributed by atoms with Crippen LogP contribution in [0.3, 0.4) is 0 Å². The van der Waals surface area contributed by atoms with E-state index in [9.17, 15) is 4.79 Å². The first-order valence-electron chi connectivity index (χ1n) is 9.19. The molecule has 0 radical (unpaired) electrons. The van der Waals surface area contributed by atoms with Gasteiger partial charge < -0.3 is 10.2 Å². The van der Waals surface area contributed by atoms with Crippen LogP contribution < -0.4 is 10.2 Å². The van der Waals surface area contributed by atoms with Gasteiger partial charge in [0.15, 0.2) is 0 Å². The van der Waals surface area contributed by atoms with Crippen molar-refractivity contribution < 1.29 is 4.79 Å². The summed E-state index contributed by atoms with van der Waals surface area (Å²) in [4.78, 5) is 24.0. The molecule has 1 aliphatic rings. The lowest BCUT2D eigenvalue weighted by atomic mass is 10.1. The number of benzene rings is 2. The Morgan fingerprint density at radius 2 is 1.81 bits per heavy atom. The molecule has 136 valence electrons. The van der Waals surface area contributed by atoms with E-state index in [0.29, 0.717) is 11.6 Å². The predicted molar refractivity (Wildman–Crippen MR) is 106 cm³/mol. The van der Waals surface area contributed by atoms with Crippen molar-refractivity contribution in [3.8, 4) is 0 Å². The summed E-state index contributed by atoms with van der Waals surface area (Å²) < 4.78 is 0.